The van der Waals surface area contributed by atoms with Gasteiger partial charge >= 0.3 is 11.9 Å². The molecule has 0 heterocycles. The molecule has 0 aromatic heterocycles. The van der Waals surface area contributed by atoms with E-state index >= 15 is 0 Å². The second kappa shape index (κ2) is 6.67. The topological polar surface area (TPSA) is 89.6 Å². The number of nitrogens with two attached hydrogens (primary N) is 1. The van der Waals surface area contributed by atoms with Gasteiger partial charge in [-0.05, 0) is 35.1 Å². The van der Waals surface area contributed by atoms with Crippen molar-refractivity contribution in [2.24, 2.45) is 11.1 Å². The zero-order chi connectivity index (χ0) is 19.0. The van der Waals surface area contributed by atoms with Crippen LogP contribution in [0.5, 0.6) is 0 Å². The number of hydrogen-bond donors (Lipinski definition) is 2. The average Bonchev–Trinajstić information content (AvgIpc) is 3.00. The van der Waals surface area contributed by atoms with Crippen LogP contribution < -0.4 is 5.73 Å². The second-order valence-corrected chi connectivity index (χ2v) is 7.09. The first kappa shape index (κ1) is 17.5. The summed E-state index contributed by atoms with van der Waals surface area (Å²) in [5.74, 6) is -2.09. The number of carboxylic acids is 1. The van der Waals surface area contributed by atoms with Crippen molar-refractivity contribution in [2.45, 2.75) is 24.8 Å². The zero-order valence-corrected chi connectivity index (χ0v) is 14.8. The highest BCUT2D eigenvalue weighted by atomic mass is 16.5. The van der Waals surface area contributed by atoms with Crippen LogP contribution in [-0.2, 0) is 14.3 Å². The molecule has 138 valence electrons. The van der Waals surface area contributed by atoms with E-state index in [0.717, 1.165) is 22.3 Å². The molecule has 0 aliphatic heterocycles. The highest BCUT2D eigenvalue weighted by Crippen LogP contribution is 2.45. The lowest BCUT2D eigenvalue weighted by Crippen LogP contribution is -2.54. The normalized spacial score (nSPS) is 23.5. The van der Waals surface area contributed by atoms with Gasteiger partial charge in [0.25, 0.3) is 0 Å². The predicted octanol–water partition coefficient (Wildman–Crippen LogP) is 3.09. The van der Waals surface area contributed by atoms with Crippen LogP contribution in [0.2, 0.25) is 0 Å². The van der Waals surface area contributed by atoms with Gasteiger partial charge in [0.15, 0.2) is 5.41 Å². The fourth-order valence-corrected chi connectivity index (χ4v) is 4.19. The van der Waals surface area contributed by atoms with E-state index in [1.54, 1.807) is 6.08 Å². The van der Waals surface area contributed by atoms with Gasteiger partial charge in [-0.15, -0.1) is 0 Å². The minimum Gasteiger partial charge on any atom is -0.480 e. The highest BCUT2D eigenvalue weighted by Gasteiger charge is 2.52. The zero-order valence-electron chi connectivity index (χ0n) is 14.8. The lowest BCUT2D eigenvalue weighted by Gasteiger charge is -2.33. The Morgan fingerprint density at radius 3 is 2.22 bits per heavy atom. The van der Waals surface area contributed by atoms with Crippen LogP contribution >= 0.6 is 0 Å². The number of carbonyl (C=O) groups is 2. The number of hydrogen-bond acceptors (Lipinski definition) is 4. The molecule has 0 amide bonds. The van der Waals surface area contributed by atoms with Gasteiger partial charge in [-0.1, -0.05) is 60.7 Å². The number of carbonyl (C=O) groups excluding carboxylic acids is 1. The number of rotatable bonds is 4. The Kier molecular flexibility index (Phi) is 4.32. The maximum atomic E-state index is 12.8. The maximum absolute atomic E-state index is 12.8. The van der Waals surface area contributed by atoms with E-state index in [-0.39, 0.29) is 18.9 Å². The molecule has 27 heavy (non-hydrogen) atoms. The molecule has 0 unspecified atom stereocenters. The second-order valence-electron chi connectivity index (χ2n) is 7.09. The van der Waals surface area contributed by atoms with Gasteiger partial charge in [0.1, 0.15) is 6.61 Å². The molecule has 2 aromatic carbocycles. The molecule has 0 radical (unpaired) electrons. The summed E-state index contributed by atoms with van der Waals surface area (Å²) in [7, 11) is 0. The number of esters is 1. The van der Waals surface area contributed by atoms with Crippen molar-refractivity contribution in [2.75, 3.05) is 6.61 Å². The molecule has 3 N–H and O–H groups in total. The number of aliphatic carboxylic acids is 1. The molecule has 0 saturated carbocycles. The SMILES string of the molecule is N[C@@H]1C=CCC[C@]1(C(=O)O)C(=O)OCC1c2ccccc2-c2ccccc21. The summed E-state index contributed by atoms with van der Waals surface area (Å²) in [5.41, 5.74) is 8.69. The molecule has 0 fully saturated rings. The van der Waals surface area contributed by atoms with Crippen molar-refractivity contribution in [3.63, 3.8) is 0 Å². The lowest BCUT2D eigenvalue weighted by atomic mass is 9.73. The van der Waals surface area contributed by atoms with E-state index in [2.05, 4.69) is 12.1 Å². The Balaban J connectivity index is 1.61. The fourth-order valence-electron chi connectivity index (χ4n) is 4.19. The number of fused-ring (bicyclic) bond motifs is 3. The summed E-state index contributed by atoms with van der Waals surface area (Å²) >= 11 is 0. The summed E-state index contributed by atoms with van der Waals surface area (Å²) in [4.78, 5) is 24.7. The minimum absolute atomic E-state index is 0.0956. The Morgan fingerprint density at radius 2 is 1.67 bits per heavy atom. The molecule has 2 aliphatic rings. The number of ether oxygens (including phenoxy) is 1. The molecule has 4 rings (SSSR count). The van der Waals surface area contributed by atoms with Gasteiger partial charge in [-0.25, -0.2) is 0 Å². The molecule has 5 heteroatoms. The first-order chi connectivity index (χ1) is 13.1. The van der Waals surface area contributed by atoms with Gasteiger partial charge < -0.3 is 15.6 Å². The Bertz CT molecular complexity index is 890. The van der Waals surface area contributed by atoms with Gasteiger partial charge in [-0.3, -0.25) is 9.59 Å². The maximum Gasteiger partial charge on any atom is 0.325 e. The van der Waals surface area contributed by atoms with Crippen LogP contribution in [0.1, 0.15) is 29.9 Å². The van der Waals surface area contributed by atoms with Crippen molar-refractivity contribution in [1.29, 1.82) is 0 Å². The Labute approximate surface area is 157 Å². The standard InChI is InChI=1S/C22H21NO4/c23-19-11-5-6-12-22(19,20(24)25)21(26)27-13-18-16-9-3-1-7-14(16)15-8-2-4-10-17(15)18/h1-5,7-11,18-19H,6,12-13,23H2,(H,24,25)/t19-,22+/m1/s1. The van der Waals surface area contributed by atoms with Gasteiger partial charge in [0, 0.05) is 12.0 Å². The Hall–Kier alpha value is -2.92. The minimum atomic E-state index is -1.72. The summed E-state index contributed by atoms with van der Waals surface area (Å²) in [6, 6.07) is 15.1. The largest absolute Gasteiger partial charge is 0.480 e. The van der Waals surface area contributed by atoms with Crippen molar-refractivity contribution in [3.05, 3.63) is 71.8 Å². The quantitative estimate of drug-likeness (QED) is 0.495. The fraction of sp³-hybridized carbons (Fsp3) is 0.273. The molecular formula is C22H21NO4. The van der Waals surface area contributed by atoms with E-state index in [4.69, 9.17) is 10.5 Å². The summed E-state index contributed by atoms with van der Waals surface area (Å²) in [6.45, 7) is 0.0956. The van der Waals surface area contributed by atoms with E-state index in [0.29, 0.717) is 6.42 Å². The summed E-state index contributed by atoms with van der Waals surface area (Å²) in [5, 5.41) is 9.72. The van der Waals surface area contributed by atoms with Gasteiger partial charge in [-0.2, -0.15) is 0 Å². The van der Waals surface area contributed by atoms with Crippen LogP contribution in [0.15, 0.2) is 60.7 Å². The molecule has 2 atom stereocenters. The van der Waals surface area contributed by atoms with Gasteiger partial charge in [0.2, 0.25) is 0 Å². The van der Waals surface area contributed by atoms with E-state index in [1.165, 1.54) is 0 Å². The monoisotopic (exact) mass is 363 g/mol. The van der Waals surface area contributed by atoms with Crippen LogP contribution in [0.4, 0.5) is 0 Å². The molecule has 2 aromatic rings. The third-order valence-corrected chi connectivity index (χ3v) is 5.71. The van der Waals surface area contributed by atoms with Crippen molar-refractivity contribution in [3.8, 4) is 11.1 Å². The third kappa shape index (κ3) is 2.66. The van der Waals surface area contributed by atoms with Crippen LogP contribution in [0, 0.1) is 5.41 Å². The van der Waals surface area contributed by atoms with Crippen molar-refractivity contribution >= 4 is 11.9 Å². The van der Waals surface area contributed by atoms with Crippen LogP contribution in [0.3, 0.4) is 0 Å². The molecule has 0 saturated heterocycles. The van der Waals surface area contributed by atoms with E-state index < -0.39 is 23.4 Å². The van der Waals surface area contributed by atoms with Crippen molar-refractivity contribution < 1.29 is 19.4 Å². The summed E-state index contributed by atoms with van der Waals surface area (Å²) in [6.07, 6.45) is 4.03. The van der Waals surface area contributed by atoms with E-state index in [9.17, 15) is 14.7 Å². The molecule has 2 aliphatic carbocycles. The molecule has 0 bridgehead atoms. The van der Waals surface area contributed by atoms with E-state index in [1.807, 2.05) is 42.5 Å². The first-order valence-electron chi connectivity index (χ1n) is 9.07. The first-order valence-corrected chi connectivity index (χ1v) is 9.07. The van der Waals surface area contributed by atoms with Crippen LogP contribution in [0.25, 0.3) is 11.1 Å². The lowest BCUT2D eigenvalue weighted by molar-refractivity contribution is -0.170. The molecule has 0 spiro atoms. The Morgan fingerprint density at radius 1 is 1.07 bits per heavy atom. The highest BCUT2D eigenvalue weighted by molar-refractivity contribution is 6.00. The number of allylic oxidation sites excluding steroid dienone is 1. The number of benzene rings is 2. The summed E-state index contributed by atoms with van der Waals surface area (Å²) < 4.78 is 5.58. The van der Waals surface area contributed by atoms with Crippen molar-refractivity contribution in [1.82, 2.24) is 0 Å². The number of carboxylic acid groups (broad SMARTS) is 1. The predicted molar refractivity (Wildman–Crippen MR) is 101 cm³/mol. The average molecular weight is 363 g/mol. The molecule has 5 nitrogen and oxygen atoms in total. The third-order valence-electron chi connectivity index (χ3n) is 5.71. The van der Waals surface area contributed by atoms with Crippen LogP contribution in [-0.4, -0.2) is 29.7 Å². The smallest absolute Gasteiger partial charge is 0.325 e. The van der Waals surface area contributed by atoms with Gasteiger partial charge in [0.05, 0.1) is 0 Å². The molecular weight excluding hydrogens is 342 g/mol.